The fourth-order valence-corrected chi connectivity index (χ4v) is 2.39. The van der Waals surface area contributed by atoms with Crippen molar-refractivity contribution in [3.63, 3.8) is 0 Å². The molecule has 6 nitrogen and oxygen atoms in total. The molecular formula is C6H8O6S. The SMILES string of the molecule is O=C1OCC2(CCS(=O)(=O)OC2)O1. The maximum absolute atomic E-state index is 10.9. The van der Waals surface area contributed by atoms with Crippen LogP contribution in [0.25, 0.3) is 0 Å². The van der Waals surface area contributed by atoms with Gasteiger partial charge in [0.1, 0.15) is 13.2 Å². The Hall–Kier alpha value is -0.820. The molecule has 1 atom stereocenters. The Kier molecular flexibility index (Phi) is 1.74. The summed E-state index contributed by atoms with van der Waals surface area (Å²) in [6, 6.07) is 0. The van der Waals surface area contributed by atoms with Gasteiger partial charge in [-0.15, -0.1) is 0 Å². The van der Waals surface area contributed by atoms with Gasteiger partial charge >= 0.3 is 6.16 Å². The van der Waals surface area contributed by atoms with E-state index in [0.29, 0.717) is 0 Å². The highest BCUT2D eigenvalue weighted by Gasteiger charge is 2.47. The minimum Gasteiger partial charge on any atom is -0.430 e. The van der Waals surface area contributed by atoms with E-state index >= 15 is 0 Å². The average Bonchev–Trinajstić information content (AvgIpc) is 2.41. The van der Waals surface area contributed by atoms with Gasteiger partial charge in [0, 0.05) is 6.42 Å². The predicted molar refractivity (Wildman–Crippen MR) is 39.5 cm³/mol. The van der Waals surface area contributed by atoms with E-state index in [2.05, 4.69) is 8.92 Å². The molecule has 0 radical (unpaired) electrons. The lowest BCUT2D eigenvalue weighted by molar-refractivity contribution is 0.00569. The first-order valence-corrected chi connectivity index (χ1v) is 5.32. The van der Waals surface area contributed by atoms with E-state index in [-0.39, 0.29) is 25.4 Å². The first kappa shape index (κ1) is 8.76. The molecule has 0 N–H and O–H groups in total. The van der Waals surface area contributed by atoms with Gasteiger partial charge in [0.15, 0.2) is 5.60 Å². The zero-order valence-corrected chi connectivity index (χ0v) is 7.50. The van der Waals surface area contributed by atoms with Crippen LogP contribution in [0.5, 0.6) is 0 Å². The van der Waals surface area contributed by atoms with E-state index in [1.807, 2.05) is 0 Å². The lowest BCUT2D eigenvalue weighted by Crippen LogP contribution is -2.44. The normalized spacial score (nSPS) is 37.1. The van der Waals surface area contributed by atoms with Gasteiger partial charge in [-0.05, 0) is 0 Å². The fourth-order valence-electron chi connectivity index (χ4n) is 1.26. The Bertz CT molecular complexity index is 317. The number of rotatable bonds is 0. The van der Waals surface area contributed by atoms with Gasteiger partial charge in [0.2, 0.25) is 0 Å². The standard InChI is InChI=1S/C6H8O6S/c7-5-10-3-6(12-5)1-2-13(8,9)11-4-6/h1-4H2. The molecule has 0 aromatic carbocycles. The summed E-state index contributed by atoms with van der Waals surface area (Å²) in [6.07, 6.45) is -0.524. The largest absolute Gasteiger partial charge is 0.509 e. The van der Waals surface area contributed by atoms with Crippen LogP contribution >= 0.6 is 0 Å². The quantitative estimate of drug-likeness (QED) is 0.399. The summed E-state index contributed by atoms with van der Waals surface area (Å²) in [5.41, 5.74) is -0.873. The zero-order valence-electron chi connectivity index (χ0n) is 6.69. The third kappa shape index (κ3) is 1.61. The Morgan fingerprint density at radius 3 is 2.54 bits per heavy atom. The van der Waals surface area contributed by atoms with E-state index < -0.39 is 21.9 Å². The van der Waals surface area contributed by atoms with Crippen LogP contribution in [0.4, 0.5) is 4.79 Å². The molecule has 2 rings (SSSR count). The smallest absolute Gasteiger partial charge is 0.430 e. The van der Waals surface area contributed by atoms with Gasteiger partial charge < -0.3 is 9.47 Å². The molecule has 13 heavy (non-hydrogen) atoms. The lowest BCUT2D eigenvalue weighted by Gasteiger charge is -2.28. The van der Waals surface area contributed by atoms with Crippen LogP contribution in [-0.2, 0) is 23.8 Å². The molecule has 2 saturated heterocycles. The van der Waals surface area contributed by atoms with Gasteiger partial charge in [-0.3, -0.25) is 4.18 Å². The molecular weight excluding hydrogens is 200 g/mol. The van der Waals surface area contributed by atoms with Crippen molar-refractivity contribution in [3.8, 4) is 0 Å². The molecule has 0 aromatic rings. The van der Waals surface area contributed by atoms with Crippen molar-refractivity contribution in [2.24, 2.45) is 0 Å². The Morgan fingerprint density at radius 1 is 1.31 bits per heavy atom. The van der Waals surface area contributed by atoms with E-state index in [9.17, 15) is 13.2 Å². The Morgan fingerprint density at radius 2 is 2.08 bits per heavy atom. The number of carbonyl (C=O) groups excluding carboxylic acids is 1. The Balaban J connectivity index is 2.09. The first-order valence-electron chi connectivity index (χ1n) is 3.74. The number of carbonyl (C=O) groups is 1. The maximum atomic E-state index is 10.9. The summed E-state index contributed by atoms with van der Waals surface area (Å²) in [7, 11) is -3.41. The van der Waals surface area contributed by atoms with Crippen LogP contribution < -0.4 is 0 Å². The van der Waals surface area contributed by atoms with Crippen molar-refractivity contribution in [2.45, 2.75) is 12.0 Å². The molecule has 0 amide bonds. The lowest BCUT2D eigenvalue weighted by atomic mass is 10.0. The molecule has 2 aliphatic rings. The maximum Gasteiger partial charge on any atom is 0.509 e. The number of ether oxygens (including phenoxy) is 2. The zero-order chi connectivity index (χ0) is 9.53. The van der Waals surface area contributed by atoms with Crippen LogP contribution in [0, 0.1) is 0 Å². The molecule has 1 unspecified atom stereocenters. The summed E-state index contributed by atoms with van der Waals surface area (Å²) in [5.74, 6) is -0.135. The highest BCUT2D eigenvalue weighted by atomic mass is 32.2. The molecule has 0 aliphatic carbocycles. The minimum atomic E-state index is -3.41. The Labute approximate surface area is 74.9 Å². The third-order valence-electron chi connectivity index (χ3n) is 2.06. The fraction of sp³-hybridized carbons (Fsp3) is 0.833. The average molecular weight is 208 g/mol. The summed E-state index contributed by atoms with van der Waals surface area (Å²) in [4.78, 5) is 10.6. The van der Waals surface area contributed by atoms with Crippen molar-refractivity contribution in [2.75, 3.05) is 19.0 Å². The molecule has 0 saturated carbocycles. The molecule has 74 valence electrons. The second kappa shape index (κ2) is 2.58. The van der Waals surface area contributed by atoms with E-state index in [1.165, 1.54) is 0 Å². The van der Waals surface area contributed by atoms with Crippen molar-refractivity contribution in [3.05, 3.63) is 0 Å². The molecule has 2 heterocycles. The molecule has 0 bridgehead atoms. The van der Waals surface area contributed by atoms with Crippen molar-refractivity contribution >= 4 is 16.3 Å². The summed E-state index contributed by atoms with van der Waals surface area (Å²) < 4.78 is 35.7. The summed E-state index contributed by atoms with van der Waals surface area (Å²) >= 11 is 0. The van der Waals surface area contributed by atoms with Gasteiger partial charge in [0.05, 0.1) is 5.75 Å². The predicted octanol–water partition coefficient (Wildman–Crippen LogP) is -0.358. The van der Waals surface area contributed by atoms with E-state index in [1.54, 1.807) is 0 Å². The van der Waals surface area contributed by atoms with E-state index in [0.717, 1.165) is 0 Å². The van der Waals surface area contributed by atoms with Gasteiger partial charge in [-0.1, -0.05) is 0 Å². The molecule has 1 spiro atoms. The molecule has 2 fully saturated rings. The van der Waals surface area contributed by atoms with Crippen LogP contribution in [0.3, 0.4) is 0 Å². The van der Waals surface area contributed by atoms with Crippen molar-refractivity contribution in [1.82, 2.24) is 0 Å². The monoisotopic (exact) mass is 208 g/mol. The van der Waals surface area contributed by atoms with Crippen LogP contribution in [0.2, 0.25) is 0 Å². The van der Waals surface area contributed by atoms with Gasteiger partial charge in [-0.25, -0.2) is 4.79 Å². The topological polar surface area (TPSA) is 78.9 Å². The van der Waals surface area contributed by atoms with E-state index in [4.69, 9.17) is 4.74 Å². The molecule has 0 aromatic heterocycles. The number of hydrogen-bond donors (Lipinski definition) is 0. The highest BCUT2D eigenvalue weighted by molar-refractivity contribution is 7.86. The van der Waals surface area contributed by atoms with Gasteiger partial charge in [0.25, 0.3) is 10.1 Å². The summed E-state index contributed by atoms with van der Waals surface area (Å²) in [5, 5.41) is 0. The highest BCUT2D eigenvalue weighted by Crippen LogP contribution is 2.29. The second-order valence-electron chi connectivity index (χ2n) is 3.10. The number of cyclic esters (lactones) is 1. The number of hydrogen-bond acceptors (Lipinski definition) is 6. The first-order chi connectivity index (χ1) is 6.02. The minimum absolute atomic E-state index is 0.0708. The summed E-state index contributed by atoms with van der Waals surface area (Å²) in [6.45, 7) is -0.0670. The van der Waals surface area contributed by atoms with Crippen molar-refractivity contribution in [1.29, 1.82) is 0 Å². The van der Waals surface area contributed by atoms with Gasteiger partial charge in [-0.2, -0.15) is 8.42 Å². The molecule has 7 heteroatoms. The van der Waals surface area contributed by atoms with Crippen molar-refractivity contribution < 1.29 is 26.9 Å². The van der Waals surface area contributed by atoms with Crippen LogP contribution in [0.15, 0.2) is 0 Å². The molecule has 2 aliphatic heterocycles. The van der Waals surface area contributed by atoms with Crippen LogP contribution in [0.1, 0.15) is 6.42 Å². The van der Waals surface area contributed by atoms with Crippen LogP contribution in [-0.4, -0.2) is 39.1 Å². The second-order valence-corrected chi connectivity index (χ2v) is 4.86. The third-order valence-corrected chi connectivity index (χ3v) is 3.24.